The standard InChI is InChI=1S/C40H62O6/c1-29-25-31(27-33(37(29)43)39(3,4)5)19-13-9-11-17-23-45-35(41)21-15-16-22-36(42)46-24-18-12-10-14-20-32-26-30(2)38(44)34(28-32)40(6,7)8/h25-28,43-44H,9-24H2,1-8H3. The summed E-state index contributed by atoms with van der Waals surface area (Å²) >= 11 is 0. The summed E-state index contributed by atoms with van der Waals surface area (Å²) in [7, 11) is 0. The van der Waals surface area contributed by atoms with Gasteiger partial charge in [0, 0.05) is 12.8 Å². The van der Waals surface area contributed by atoms with Gasteiger partial charge in [-0.25, -0.2) is 0 Å². The molecule has 2 N–H and O–H groups in total. The molecule has 6 nitrogen and oxygen atoms in total. The number of unbranched alkanes of at least 4 members (excludes halogenated alkanes) is 7. The maximum absolute atomic E-state index is 12.0. The predicted molar refractivity (Wildman–Crippen MR) is 188 cm³/mol. The van der Waals surface area contributed by atoms with E-state index in [2.05, 4.69) is 65.8 Å². The molecule has 6 heteroatoms. The van der Waals surface area contributed by atoms with E-state index in [9.17, 15) is 19.8 Å². The molecule has 0 fully saturated rings. The van der Waals surface area contributed by atoms with Crippen LogP contribution in [0.5, 0.6) is 11.5 Å². The van der Waals surface area contributed by atoms with Crippen molar-refractivity contribution in [3.8, 4) is 11.5 Å². The van der Waals surface area contributed by atoms with Crippen LogP contribution in [0.25, 0.3) is 0 Å². The first kappa shape index (κ1) is 39.2. The lowest BCUT2D eigenvalue weighted by atomic mass is 9.83. The number of phenolic OH excluding ortho intramolecular Hbond substituents is 2. The Bertz CT molecular complexity index is 1150. The van der Waals surface area contributed by atoms with Gasteiger partial charge in [-0.2, -0.15) is 0 Å². The third-order valence-corrected chi connectivity index (χ3v) is 8.59. The Labute approximate surface area is 279 Å². The molecule has 0 aliphatic heterocycles. The van der Waals surface area contributed by atoms with Crippen LogP contribution in [0.15, 0.2) is 24.3 Å². The molecule has 0 heterocycles. The van der Waals surface area contributed by atoms with Crippen LogP contribution in [0.3, 0.4) is 0 Å². The third-order valence-electron chi connectivity index (χ3n) is 8.59. The number of phenols is 2. The number of rotatable bonds is 19. The zero-order valence-corrected chi connectivity index (χ0v) is 30.2. The lowest BCUT2D eigenvalue weighted by Crippen LogP contribution is -2.12. The van der Waals surface area contributed by atoms with Crippen molar-refractivity contribution in [3.05, 3.63) is 57.6 Å². The molecule has 0 bridgehead atoms. The van der Waals surface area contributed by atoms with Crippen molar-refractivity contribution in [3.63, 3.8) is 0 Å². The van der Waals surface area contributed by atoms with E-state index in [1.165, 1.54) is 11.1 Å². The van der Waals surface area contributed by atoms with Gasteiger partial charge in [0.2, 0.25) is 0 Å². The van der Waals surface area contributed by atoms with Crippen LogP contribution in [0.1, 0.15) is 152 Å². The number of aromatic hydroxyl groups is 2. The largest absolute Gasteiger partial charge is 0.507 e. The zero-order valence-electron chi connectivity index (χ0n) is 30.2. The Hall–Kier alpha value is -3.02. The van der Waals surface area contributed by atoms with E-state index >= 15 is 0 Å². The summed E-state index contributed by atoms with van der Waals surface area (Å²) in [6, 6.07) is 8.43. The van der Waals surface area contributed by atoms with E-state index in [1.54, 1.807) is 0 Å². The number of benzene rings is 2. The van der Waals surface area contributed by atoms with Crippen molar-refractivity contribution in [2.24, 2.45) is 0 Å². The number of carbonyl (C=O) groups excluding carboxylic acids is 2. The maximum Gasteiger partial charge on any atom is 0.305 e. The highest BCUT2D eigenvalue weighted by Gasteiger charge is 2.21. The molecular formula is C40H62O6. The molecule has 258 valence electrons. The average Bonchev–Trinajstić information content (AvgIpc) is 2.96. The summed E-state index contributed by atoms with van der Waals surface area (Å²) in [6.07, 6.45) is 11.9. The minimum absolute atomic E-state index is 0.0904. The van der Waals surface area contributed by atoms with Gasteiger partial charge < -0.3 is 19.7 Å². The first-order valence-electron chi connectivity index (χ1n) is 17.6. The van der Waals surface area contributed by atoms with Gasteiger partial charge in [0.25, 0.3) is 0 Å². The van der Waals surface area contributed by atoms with Gasteiger partial charge >= 0.3 is 11.9 Å². The van der Waals surface area contributed by atoms with Crippen LogP contribution in [0.2, 0.25) is 0 Å². The lowest BCUT2D eigenvalue weighted by molar-refractivity contribution is -0.146. The van der Waals surface area contributed by atoms with Gasteiger partial charge in [0.1, 0.15) is 11.5 Å². The Kier molecular flexibility index (Phi) is 16.1. The second kappa shape index (κ2) is 19.0. The predicted octanol–water partition coefficient (Wildman–Crippen LogP) is 9.86. The van der Waals surface area contributed by atoms with E-state index in [1.807, 2.05) is 13.8 Å². The zero-order chi connectivity index (χ0) is 34.3. The Morgan fingerprint density at radius 3 is 1.24 bits per heavy atom. The fourth-order valence-electron chi connectivity index (χ4n) is 5.77. The molecule has 2 aromatic rings. The summed E-state index contributed by atoms with van der Waals surface area (Å²) < 4.78 is 10.7. The number of hydrogen-bond donors (Lipinski definition) is 2. The highest BCUT2D eigenvalue weighted by Crippen LogP contribution is 2.35. The van der Waals surface area contributed by atoms with Crippen LogP contribution in [-0.2, 0) is 42.7 Å². The molecule has 0 aliphatic carbocycles. The van der Waals surface area contributed by atoms with Crippen molar-refractivity contribution in [2.75, 3.05) is 13.2 Å². The second-order valence-electron chi connectivity index (χ2n) is 15.1. The van der Waals surface area contributed by atoms with Crippen LogP contribution < -0.4 is 0 Å². The molecule has 0 unspecified atom stereocenters. The summed E-state index contributed by atoms with van der Waals surface area (Å²) in [5.41, 5.74) is 6.21. The molecule has 0 atom stereocenters. The highest BCUT2D eigenvalue weighted by molar-refractivity contribution is 5.70. The van der Waals surface area contributed by atoms with Crippen LogP contribution >= 0.6 is 0 Å². The minimum Gasteiger partial charge on any atom is -0.507 e. The van der Waals surface area contributed by atoms with Gasteiger partial charge in [-0.1, -0.05) is 91.5 Å². The molecule has 0 spiro atoms. The van der Waals surface area contributed by atoms with Gasteiger partial charge in [0.15, 0.2) is 0 Å². The van der Waals surface area contributed by atoms with Crippen molar-refractivity contribution >= 4 is 11.9 Å². The summed E-state index contributed by atoms with van der Waals surface area (Å²) in [4.78, 5) is 24.1. The van der Waals surface area contributed by atoms with Crippen molar-refractivity contribution in [1.82, 2.24) is 0 Å². The number of esters is 2. The summed E-state index contributed by atoms with van der Waals surface area (Å²) in [5.74, 6) is 0.423. The molecule has 0 saturated heterocycles. The van der Waals surface area contributed by atoms with Crippen molar-refractivity contribution in [2.45, 2.75) is 156 Å². The van der Waals surface area contributed by atoms with Crippen LogP contribution in [0.4, 0.5) is 0 Å². The van der Waals surface area contributed by atoms with Crippen molar-refractivity contribution in [1.29, 1.82) is 0 Å². The van der Waals surface area contributed by atoms with E-state index in [-0.39, 0.29) is 22.8 Å². The molecule has 0 saturated carbocycles. The molecule has 46 heavy (non-hydrogen) atoms. The second-order valence-corrected chi connectivity index (χ2v) is 15.1. The van der Waals surface area contributed by atoms with E-state index in [4.69, 9.17) is 9.47 Å². The molecule has 2 aromatic carbocycles. The molecule has 0 aromatic heterocycles. The minimum atomic E-state index is -0.195. The first-order valence-corrected chi connectivity index (χ1v) is 17.6. The monoisotopic (exact) mass is 638 g/mol. The normalized spacial score (nSPS) is 11.9. The Morgan fingerprint density at radius 2 is 0.891 bits per heavy atom. The Morgan fingerprint density at radius 1 is 0.543 bits per heavy atom. The summed E-state index contributed by atoms with van der Waals surface area (Å²) in [5, 5.41) is 20.8. The van der Waals surface area contributed by atoms with E-state index in [0.29, 0.717) is 50.4 Å². The smallest absolute Gasteiger partial charge is 0.305 e. The van der Waals surface area contributed by atoms with Gasteiger partial charge in [0.05, 0.1) is 13.2 Å². The quantitative estimate of drug-likeness (QED) is 0.118. The van der Waals surface area contributed by atoms with E-state index in [0.717, 1.165) is 86.5 Å². The van der Waals surface area contributed by atoms with Crippen molar-refractivity contribution < 1.29 is 29.3 Å². The average molecular weight is 639 g/mol. The fraction of sp³-hybridized carbons (Fsp3) is 0.650. The van der Waals surface area contributed by atoms with Crippen LogP contribution in [0, 0.1) is 13.8 Å². The molecular weight excluding hydrogens is 576 g/mol. The number of ether oxygens (including phenoxy) is 2. The SMILES string of the molecule is Cc1cc(CCCCCCOC(=O)CCCCC(=O)OCCCCCCc2cc(C)c(O)c(C(C)(C)C)c2)cc(C(C)(C)C)c1O. The summed E-state index contributed by atoms with van der Waals surface area (Å²) in [6.45, 7) is 17.5. The number of aryl methyl sites for hydroxylation is 4. The van der Waals surface area contributed by atoms with Gasteiger partial charge in [-0.3, -0.25) is 9.59 Å². The molecule has 0 amide bonds. The lowest BCUT2D eigenvalue weighted by Gasteiger charge is -2.22. The van der Waals surface area contributed by atoms with E-state index < -0.39 is 0 Å². The van der Waals surface area contributed by atoms with Gasteiger partial charge in [-0.15, -0.1) is 0 Å². The molecule has 2 rings (SSSR count). The molecule has 0 radical (unpaired) electrons. The highest BCUT2D eigenvalue weighted by atomic mass is 16.5. The fourth-order valence-corrected chi connectivity index (χ4v) is 5.77. The number of carbonyl (C=O) groups is 2. The first-order chi connectivity index (χ1) is 21.6. The maximum atomic E-state index is 12.0. The van der Waals surface area contributed by atoms with Gasteiger partial charge in [-0.05, 0) is 109 Å². The van der Waals surface area contributed by atoms with Crippen LogP contribution in [-0.4, -0.2) is 35.4 Å². The Balaban J connectivity index is 1.45. The number of hydrogen-bond acceptors (Lipinski definition) is 6. The topological polar surface area (TPSA) is 93.1 Å². The third kappa shape index (κ3) is 14.2. The molecule has 0 aliphatic rings.